The highest BCUT2D eigenvalue weighted by atomic mass is 127. The molecule has 30 heavy (non-hydrogen) atoms. The summed E-state index contributed by atoms with van der Waals surface area (Å²) in [5.41, 5.74) is 2.32. The molecule has 8 heteroatoms. The maximum absolute atomic E-state index is 5.71. The van der Waals surface area contributed by atoms with Gasteiger partial charge in [-0.15, -0.1) is 24.0 Å². The summed E-state index contributed by atoms with van der Waals surface area (Å²) in [6, 6.07) is 17.8. The number of benzene rings is 2. The van der Waals surface area contributed by atoms with E-state index in [1.54, 1.807) is 14.2 Å². The van der Waals surface area contributed by atoms with Gasteiger partial charge in [0, 0.05) is 25.4 Å². The third-order valence-corrected chi connectivity index (χ3v) is 4.28. The molecular formula is C22H28IN5O2. The first kappa shape index (κ1) is 23.5. The van der Waals surface area contributed by atoms with Crippen LogP contribution < -0.4 is 20.1 Å². The first-order valence-corrected chi connectivity index (χ1v) is 9.53. The fraction of sp³-hybridized carbons (Fsp3) is 0.273. The van der Waals surface area contributed by atoms with Crippen LogP contribution in [0.15, 0.2) is 72.0 Å². The zero-order chi connectivity index (χ0) is 20.3. The van der Waals surface area contributed by atoms with Crippen molar-refractivity contribution in [3.05, 3.63) is 78.1 Å². The Hall–Kier alpha value is -2.75. The van der Waals surface area contributed by atoms with Crippen LogP contribution in [0.2, 0.25) is 0 Å². The van der Waals surface area contributed by atoms with E-state index in [2.05, 4.69) is 32.9 Å². The molecule has 2 N–H and O–H groups in total. The van der Waals surface area contributed by atoms with Crippen molar-refractivity contribution >= 4 is 29.9 Å². The van der Waals surface area contributed by atoms with Crippen LogP contribution >= 0.6 is 24.0 Å². The second kappa shape index (κ2) is 12.7. The minimum Gasteiger partial charge on any atom is -0.497 e. The van der Waals surface area contributed by atoms with Crippen molar-refractivity contribution in [2.24, 2.45) is 4.99 Å². The minimum absolute atomic E-state index is 0. The molecule has 3 rings (SSSR count). The van der Waals surface area contributed by atoms with E-state index < -0.39 is 0 Å². The number of hydrogen-bond donors (Lipinski definition) is 2. The Labute approximate surface area is 194 Å². The number of ether oxygens (including phenoxy) is 2. The van der Waals surface area contributed by atoms with Gasteiger partial charge in [0.25, 0.3) is 0 Å². The quantitative estimate of drug-likeness (QED) is 0.196. The molecule has 0 amide bonds. The van der Waals surface area contributed by atoms with Crippen LogP contribution in [0.5, 0.6) is 11.5 Å². The molecular weight excluding hydrogens is 493 g/mol. The van der Waals surface area contributed by atoms with Crippen molar-refractivity contribution in [1.82, 2.24) is 20.4 Å². The molecule has 0 aliphatic carbocycles. The van der Waals surface area contributed by atoms with Gasteiger partial charge in [-0.3, -0.25) is 9.67 Å². The molecule has 3 aromatic rings. The molecule has 0 fully saturated rings. The number of nitrogens with zero attached hydrogens (tertiary/aromatic N) is 3. The summed E-state index contributed by atoms with van der Waals surface area (Å²) in [7, 11) is 3.39. The van der Waals surface area contributed by atoms with Gasteiger partial charge in [0.05, 0.1) is 26.4 Å². The van der Waals surface area contributed by atoms with Crippen LogP contribution in [0, 0.1) is 0 Å². The monoisotopic (exact) mass is 521 g/mol. The number of rotatable bonds is 9. The fourth-order valence-electron chi connectivity index (χ4n) is 2.77. The predicted molar refractivity (Wildman–Crippen MR) is 130 cm³/mol. The van der Waals surface area contributed by atoms with Crippen molar-refractivity contribution in [3.8, 4) is 11.5 Å². The van der Waals surface area contributed by atoms with Crippen LogP contribution in [0.3, 0.4) is 0 Å². The lowest BCUT2D eigenvalue weighted by molar-refractivity contribution is 0.321. The zero-order valence-electron chi connectivity index (χ0n) is 17.2. The van der Waals surface area contributed by atoms with E-state index in [0.717, 1.165) is 29.6 Å². The van der Waals surface area contributed by atoms with Gasteiger partial charge in [-0.1, -0.05) is 30.3 Å². The minimum atomic E-state index is 0. The summed E-state index contributed by atoms with van der Waals surface area (Å²) < 4.78 is 12.8. The van der Waals surface area contributed by atoms with Crippen LogP contribution in [0.4, 0.5) is 0 Å². The maximum atomic E-state index is 5.71. The van der Waals surface area contributed by atoms with E-state index in [1.807, 2.05) is 59.5 Å². The highest BCUT2D eigenvalue weighted by molar-refractivity contribution is 14.0. The second-order valence-electron chi connectivity index (χ2n) is 6.41. The lowest BCUT2D eigenvalue weighted by atomic mass is 10.2. The van der Waals surface area contributed by atoms with E-state index in [-0.39, 0.29) is 24.0 Å². The molecule has 0 saturated carbocycles. The van der Waals surface area contributed by atoms with Gasteiger partial charge in [-0.2, -0.15) is 5.10 Å². The molecule has 0 atom stereocenters. The van der Waals surface area contributed by atoms with Crippen LogP contribution in [0.1, 0.15) is 11.1 Å². The molecule has 7 nitrogen and oxygen atoms in total. The Morgan fingerprint density at radius 2 is 1.73 bits per heavy atom. The van der Waals surface area contributed by atoms with Crippen molar-refractivity contribution < 1.29 is 9.47 Å². The Morgan fingerprint density at radius 1 is 1.00 bits per heavy atom. The smallest absolute Gasteiger partial charge is 0.191 e. The summed E-state index contributed by atoms with van der Waals surface area (Å²) in [6.07, 6.45) is 3.91. The number of methoxy groups -OCH3 is 1. The molecule has 0 aliphatic rings. The molecule has 2 aromatic carbocycles. The topological polar surface area (TPSA) is 72.7 Å². The standard InChI is InChI=1S/C22H27N5O2.HI/c1-23-22(24-12-13-29-21-10-8-20(28-2)9-11-21)25-14-19-15-26-27(17-19)16-18-6-4-3-5-7-18;/h3-11,15,17H,12-14,16H2,1-2H3,(H2,23,24,25);1H. The third kappa shape index (κ3) is 7.58. The van der Waals surface area contributed by atoms with Gasteiger partial charge in [0.1, 0.15) is 18.1 Å². The summed E-state index contributed by atoms with van der Waals surface area (Å²) in [4.78, 5) is 4.24. The van der Waals surface area contributed by atoms with Crippen LogP contribution in [-0.4, -0.2) is 43.0 Å². The summed E-state index contributed by atoms with van der Waals surface area (Å²) in [5, 5.41) is 11.0. The van der Waals surface area contributed by atoms with E-state index in [4.69, 9.17) is 9.47 Å². The number of guanidine groups is 1. The molecule has 0 bridgehead atoms. The maximum Gasteiger partial charge on any atom is 0.191 e. The molecule has 0 spiro atoms. The second-order valence-corrected chi connectivity index (χ2v) is 6.41. The third-order valence-electron chi connectivity index (χ3n) is 4.28. The van der Waals surface area contributed by atoms with Gasteiger partial charge in [0.2, 0.25) is 0 Å². The molecule has 0 radical (unpaired) electrons. The average molecular weight is 521 g/mol. The Bertz CT molecular complexity index is 897. The summed E-state index contributed by atoms with van der Waals surface area (Å²) in [6.45, 7) is 2.57. The zero-order valence-corrected chi connectivity index (χ0v) is 19.6. The average Bonchev–Trinajstić information content (AvgIpc) is 3.21. The van der Waals surface area contributed by atoms with E-state index in [9.17, 15) is 0 Å². The lowest BCUT2D eigenvalue weighted by Gasteiger charge is -2.12. The normalized spacial score (nSPS) is 10.8. The van der Waals surface area contributed by atoms with Crippen molar-refractivity contribution in [3.63, 3.8) is 0 Å². The largest absolute Gasteiger partial charge is 0.497 e. The number of halogens is 1. The summed E-state index contributed by atoms with van der Waals surface area (Å²) in [5.74, 6) is 2.34. The van der Waals surface area contributed by atoms with E-state index >= 15 is 0 Å². The molecule has 0 aliphatic heterocycles. The Morgan fingerprint density at radius 3 is 2.43 bits per heavy atom. The number of aliphatic imine (C=N–C) groups is 1. The van der Waals surface area contributed by atoms with Gasteiger partial charge < -0.3 is 20.1 Å². The lowest BCUT2D eigenvalue weighted by Crippen LogP contribution is -2.38. The van der Waals surface area contributed by atoms with Gasteiger partial charge >= 0.3 is 0 Å². The first-order valence-electron chi connectivity index (χ1n) is 9.53. The SMILES string of the molecule is CN=C(NCCOc1ccc(OC)cc1)NCc1cnn(Cc2ccccc2)c1.I. The Balaban J connectivity index is 0.00000320. The number of aromatic nitrogens is 2. The molecule has 1 aromatic heterocycles. The Kier molecular flexibility index (Phi) is 9.99. The van der Waals surface area contributed by atoms with Crippen molar-refractivity contribution in [1.29, 1.82) is 0 Å². The predicted octanol–water partition coefficient (Wildman–Crippen LogP) is 3.30. The molecule has 0 saturated heterocycles. The molecule has 0 unspecified atom stereocenters. The number of hydrogen-bond acceptors (Lipinski definition) is 4. The molecule has 1 heterocycles. The summed E-state index contributed by atoms with van der Waals surface area (Å²) >= 11 is 0. The molecule has 160 valence electrons. The highest BCUT2D eigenvalue weighted by Gasteiger charge is 2.02. The van der Waals surface area contributed by atoms with Crippen molar-refractivity contribution in [2.45, 2.75) is 13.1 Å². The van der Waals surface area contributed by atoms with Crippen molar-refractivity contribution in [2.75, 3.05) is 27.3 Å². The fourth-order valence-corrected chi connectivity index (χ4v) is 2.77. The van der Waals surface area contributed by atoms with E-state index in [0.29, 0.717) is 19.7 Å². The highest BCUT2D eigenvalue weighted by Crippen LogP contribution is 2.16. The van der Waals surface area contributed by atoms with Crippen LogP contribution in [0.25, 0.3) is 0 Å². The van der Waals surface area contributed by atoms with E-state index in [1.165, 1.54) is 5.56 Å². The van der Waals surface area contributed by atoms with Gasteiger partial charge in [-0.05, 0) is 29.8 Å². The first-order chi connectivity index (χ1) is 14.3. The van der Waals surface area contributed by atoms with Gasteiger partial charge in [-0.25, -0.2) is 0 Å². The van der Waals surface area contributed by atoms with Gasteiger partial charge in [0.15, 0.2) is 5.96 Å². The van der Waals surface area contributed by atoms with Crippen LogP contribution in [-0.2, 0) is 13.1 Å². The number of nitrogens with one attached hydrogen (secondary N) is 2.